The Hall–Kier alpha value is -0.870. The van der Waals surface area contributed by atoms with E-state index in [0.29, 0.717) is 12.6 Å². The molecule has 0 bridgehead atoms. The smallest absolute Gasteiger partial charge is 0.0473 e. The molecule has 1 heterocycles. The van der Waals surface area contributed by atoms with Gasteiger partial charge in [-0.3, -0.25) is 4.90 Å². The molecule has 2 rings (SSSR count). The van der Waals surface area contributed by atoms with Crippen molar-refractivity contribution in [1.29, 1.82) is 0 Å². The minimum Gasteiger partial charge on any atom is -0.329 e. The Kier molecular flexibility index (Phi) is 4.99. The van der Waals surface area contributed by atoms with Crippen LogP contribution in [0.1, 0.15) is 29.4 Å². The fourth-order valence-corrected chi connectivity index (χ4v) is 3.18. The molecule has 0 aliphatic rings. The maximum atomic E-state index is 5.96. The van der Waals surface area contributed by atoms with Gasteiger partial charge in [0.15, 0.2) is 0 Å². The predicted octanol–water partition coefficient (Wildman–Crippen LogP) is 4.09. The lowest BCUT2D eigenvalue weighted by atomic mass is 10.0. The maximum Gasteiger partial charge on any atom is 0.0473 e. The molecule has 1 aromatic heterocycles. The monoisotopic (exact) mass is 294 g/mol. The molecule has 1 aromatic carbocycles. The number of halogens is 1. The van der Waals surface area contributed by atoms with Crippen LogP contribution in [0.3, 0.4) is 0 Å². The summed E-state index contributed by atoms with van der Waals surface area (Å²) in [5.41, 5.74) is 7.17. The van der Waals surface area contributed by atoms with Crippen molar-refractivity contribution in [2.24, 2.45) is 5.73 Å². The number of nitrogens with zero attached hydrogens (tertiary/aromatic N) is 1. The standard InChI is InChI=1S/C15H19ClN2S/c1-11(15-4-3-9-19-15)18(2)14(10-17)12-5-7-13(16)8-6-12/h3-9,11,14H,10,17H2,1-2H3. The summed E-state index contributed by atoms with van der Waals surface area (Å²) in [6.45, 7) is 2.80. The zero-order chi connectivity index (χ0) is 13.8. The first kappa shape index (κ1) is 14.5. The van der Waals surface area contributed by atoms with Crippen LogP contribution in [0.4, 0.5) is 0 Å². The minimum absolute atomic E-state index is 0.203. The van der Waals surface area contributed by atoms with Crippen LogP contribution in [-0.2, 0) is 0 Å². The van der Waals surface area contributed by atoms with E-state index < -0.39 is 0 Å². The van der Waals surface area contributed by atoms with Gasteiger partial charge in [0, 0.05) is 28.5 Å². The van der Waals surface area contributed by atoms with E-state index in [1.54, 1.807) is 11.3 Å². The number of likely N-dealkylation sites (N-methyl/N-ethyl adjacent to an activating group) is 1. The summed E-state index contributed by atoms with van der Waals surface area (Å²) >= 11 is 7.72. The highest BCUT2D eigenvalue weighted by atomic mass is 35.5. The summed E-state index contributed by atoms with van der Waals surface area (Å²) in [4.78, 5) is 3.67. The summed E-state index contributed by atoms with van der Waals surface area (Å²) in [5, 5.41) is 2.87. The molecule has 0 aliphatic heterocycles. The van der Waals surface area contributed by atoms with Crippen molar-refractivity contribution in [2.75, 3.05) is 13.6 Å². The van der Waals surface area contributed by atoms with Gasteiger partial charge in [0.05, 0.1) is 0 Å². The van der Waals surface area contributed by atoms with Crippen LogP contribution in [-0.4, -0.2) is 18.5 Å². The summed E-state index contributed by atoms with van der Waals surface area (Å²) in [7, 11) is 2.12. The molecule has 2 atom stereocenters. The van der Waals surface area contributed by atoms with Crippen molar-refractivity contribution in [3.63, 3.8) is 0 Å². The van der Waals surface area contributed by atoms with Crippen molar-refractivity contribution >= 4 is 22.9 Å². The van der Waals surface area contributed by atoms with Crippen molar-refractivity contribution in [1.82, 2.24) is 4.90 Å². The van der Waals surface area contributed by atoms with Gasteiger partial charge in [0.25, 0.3) is 0 Å². The lowest BCUT2D eigenvalue weighted by Gasteiger charge is -2.32. The van der Waals surface area contributed by atoms with Crippen LogP contribution in [0, 0.1) is 0 Å². The first-order valence-electron chi connectivity index (χ1n) is 6.34. The van der Waals surface area contributed by atoms with E-state index in [-0.39, 0.29) is 6.04 Å². The van der Waals surface area contributed by atoms with Gasteiger partial charge in [-0.25, -0.2) is 0 Å². The molecule has 2 nitrogen and oxygen atoms in total. The molecule has 4 heteroatoms. The van der Waals surface area contributed by atoms with Gasteiger partial charge in [-0.1, -0.05) is 29.8 Å². The fourth-order valence-electron chi connectivity index (χ4n) is 2.22. The second-order valence-electron chi connectivity index (χ2n) is 4.66. The summed E-state index contributed by atoms with van der Waals surface area (Å²) in [6.07, 6.45) is 0. The van der Waals surface area contributed by atoms with Crippen molar-refractivity contribution in [3.05, 3.63) is 57.2 Å². The Balaban J connectivity index is 2.19. The summed E-state index contributed by atoms with van der Waals surface area (Å²) in [5.74, 6) is 0. The lowest BCUT2D eigenvalue weighted by Crippen LogP contribution is -2.32. The molecule has 0 radical (unpaired) electrons. The topological polar surface area (TPSA) is 29.3 Å². The third-order valence-electron chi connectivity index (χ3n) is 3.54. The van der Waals surface area contributed by atoms with Crippen molar-refractivity contribution in [2.45, 2.75) is 19.0 Å². The number of rotatable bonds is 5. The van der Waals surface area contributed by atoms with Gasteiger partial charge < -0.3 is 5.73 Å². The molecule has 2 N–H and O–H groups in total. The Bertz CT molecular complexity index is 495. The molecule has 102 valence electrons. The SMILES string of the molecule is CC(c1cccs1)N(C)C(CN)c1ccc(Cl)cc1. The van der Waals surface area contributed by atoms with E-state index in [2.05, 4.69) is 48.5 Å². The Morgan fingerprint density at radius 1 is 1.26 bits per heavy atom. The molecule has 0 amide bonds. The van der Waals surface area contributed by atoms with E-state index in [1.807, 2.05) is 12.1 Å². The highest BCUT2D eigenvalue weighted by Crippen LogP contribution is 2.30. The van der Waals surface area contributed by atoms with Gasteiger partial charge in [0.2, 0.25) is 0 Å². The minimum atomic E-state index is 0.203. The maximum absolute atomic E-state index is 5.96. The molecular formula is C15H19ClN2S. The Labute approximate surface area is 123 Å². The fraction of sp³-hybridized carbons (Fsp3) is 0.333. The summed E-state index contributed by atoms with van der Waals surface area (Å²) in [6, 6.07) is 12.8. The normalized spacial score (nSPS) is 14.6. The van der Waals surface area contributed by atoms with Crippen LogP contribution in [0.2, 0.25) is 5.02 Å². The second kappa shape index (κ2) is 6.53. The molecule has 0 saturated heterocycles. The zero-order valence-corrected chi connectivity index (χ0v) is 12.8. The van der Waals surface area contributed by atoms with Gasteiger partial charge in [-0.15, -0.1) is 11.3 Å². The van der Waals surface area contributed by atoms with Crippen LogP contribution < -0.4 is 5.73 Å². The van der Waals surface area contributed by atoms with Crippen molar-refractivity contribution in [3.8, 4) is 0 Å². The number of nitrogens with two attached hydrogens (primary N) is 1. The van der Waals surface area contributed by atoms with E-state index in [1.165, 1.54) is 10.4 Å². The van der Waals surface area contributed by atoms with Crippen LogP contribution in [0.5, 0.6) is 0 Å². The first-order chi connectivity index (χ1) is 9.13. The Morgan fingerprint density at radius 2 is 1.95 bits per heavy atom. The lowest BCUT2D eigenvalue weighted by molar-refractivity contribution is 0.193. The number of thiophene rings is 1. The van der Waals surface area contributed by atoms with Crippen LogP contribution in [0.15, 0.2) is 41.8 Å². The highest BCUT2D eigenvalue weighted by molar-refractivity contribution is 7.10. The highest BCUT2D eigenvalue weighted by Gasteiger charge is 2.21. The van der Waals surface area contributed by atoms with Gasteiger partial charge in [0.1, 0.15) is 0 Å². The number of hydrogen-bond donors (Lipinski definition) is 1. The molecule has 2 unspecified atom stereocenters. The largest absolute Gasteiger partial charge is 0.329 e. The van der Waals surface area contributed by atoms with E-state index in [0.717, 1.165) is 5.02 Å². The van der Waals surface area contributed by atoms with Gasteiger partial charge >= 0.3 is 0 Å². The van der Waals surface area contributed by atoms with E-state index in [4.69, 9.17) is 17.3 Å². The first-order valence-corrected chi connectivity index (χ1v) is 7.60. The molecule has 0 spiro atoms. The molecule has 0 saturated carbocycles. The second-order valence-corrected chi connectivity index (χ2v) is 6.08. The Morgan fingerprint density at radius 3 is 2.47 bits per heavy atom. The quantitative estimate of drug-likeness (QED) is 0.900. The molecule has 2 aromatic rings. The number of benzene rings is 1. The molecule has 0 aliphatic carbocycles. The average molecular weight is 295 g/mol. The van der Waals surface area contributed by atoms with E-state index in [9.17, 15) is 0 Å². The third-order valence-corrected chi connectivity index (χ3v) is 4.83. The van der Waals surface area contributed by atoms with Gasteiger partial charge in [-0.2, -0.15) is 0 Å². The molecule has 19 heavy (non-hydrogen) atoms. The predicted molar refractivity (Wildman–Crippen MR) is 83.7 cm³/mol. The zero-order valence-electron chi connectivity index (χ0n) is 11.2. The number of hydrogen-bond acceptors (Lipinski definition) is 3. The van der Waals surface area contributed by atoms with E-state index >= 15 is 0 Å². The third kappa shape index (κ3) is 3.37. The van der Waals surface area contributed by atoms with Crippen LogP contribution in [0.25, 0.3) is 0 Å². The van der Waals surface area contributed by atoms with Gasteiger partial charge in [-0.05, 0) is 43.1 Å². The molecular weight excluding hydrogens is 276 g/mol. The average Bonchev–Trinajstić information content (AvgIpc) is 2.94. The van der Waals surface area contributed by atoms with Crippen LogP contribution >= 0.6 is 22.9 Å². The molecule has 0 fully saturated rings. The van der Waals surface area contributed by atoms with Crippen molar-refractivity contribution < 1.29 is 0 Å². The summed E-state index contributed by atoms with van der Waals surface area (Å²) < 4.78 is 0.